The Kier molecular flexibility index (Phi) is 6.99. The van der Waals surface area contributed by atoms with E-state index in [1.165, 1.54) is 62.8 Å². The number of methoxy groups -OCH3 is 2. The molecule has 0 bridgehead atoms. The Labute approximate surface area is 182 Å². The van der Waals surface area contributed by atoms with E-state index in [2.05, 4.69) is 10.3 Å². The second-order valence-corrected chi connectivity index (χ2v) is 6.74. The number of pyridine rings is 1. The third-order valence-electron chi connectivity index (χ3n) is 4.69. The van der Waals surface area contributed by atoms with Gasteiger partial charge in [-0.1, -0.05) is 18.2 Å². The van der Waals surface area contributed by atoms with Gasteiger partial charge in [0.25, 0.3) is 5.91 Å². The van der Waals surface area contributed by atoms with E-state index in [-0.39, 0.29) is 22.7 Å². The molecule has 0 aliphatic rings. The van der Waals surface area contributed by atoms with Crippen LogP contribution in [0.25, 0.3) is 11.3 Å². The lowest BCUT2D eigenvalue weighted by Crippen LogP contribution is -2.31. The Morgan fingerprint density at radius 1 is 1.03 bits per heavy atom. The normalized spacial score (nSPS) is 11.5. The Hall–Kier alpha value is -4.01. The molecule has 1 aromatic heterocycles. The summed E-state index contributed by atoms with van der Waals surface area (Å²) in [6.45, 7) is 0. The number of nitrogens with zero attached hydrogens (tertiary/aromatic N) is 1. The molecule has 0 spiro atoms. The summed E-state index contributed by atoms with van der Waals surface area (Å²) in [7, 11) is 2.78. The van der Waals surface area contributed by atoms with Gasteiger partial charge < -0.3 is 19.9 Å². The summed E-state index contributed by atoms with van der Waals surface area (Å²) < 4.78 is 38.4. The summed E-state index contributed by atoms with van der Waals surface area (Å²) in [5, 5.41) is 11.7. The van der Waals surface area contributed by atoms with E-state index in [4.69, 9.17) is 9.47 Å². The number of carboxylic acids is 1. The van der Waals surface area contributed by atoms with Crippen molar-refractivity contribution in [2.45, 2.75) is 12.5 Å². The first-order valence-corrected chi connectivity index (χ1v) is 9.50. The number of ether oxygens (including phenoxy) is 2. The molecule has 3 rings (SSSR count). The molecule has 7 nitrogen and oxygen atoms in total. The molecule has 0 saturated heterocycles. The fraction of sp³-hybridized carbons (Fsp3) is 0.174. The first-order valence-electron chi connectivity index (χ1n) is 9.50. The van der Waals surface area contributed by atoms with Crippen LogP contribution < -0.4 is 14.8 Å². The second-order valence-electron chi connectivity index (χ2n) is 6.74. The predicted molar refractivity (Wildman–Crippen MR) is 112 cm³/mol. The zero-order valence-electron chi connectivity index (χ0n) is 17.3. The minimum atomic E-state index is -1.21. The van der Waals surface area contributed by atoms with Crippen molar-refractivity contribution in [3.63, 3.8) is 0 Å². The Morgan fingerprint density at radius 3 is 2.41 bits per heavy atom. The van der Waals surface area contributed by atoms with Gasteiger partial charge in [-0.2, -0.15) is 0 Å². The molecule has 3 aromatic rings. The van der Waals surface area contributed by atoms with Crippen LogP contribution in [0, 0.1) is 11.6 Å². The summed E-state index contributed by atoms with van der Waals surface area (Å²) in [5.41, 5.74) is 0.574. The molecule has 0 radical (unpaired) electrons. The van der Waals surface area contributed by atoms with Crippen LogP contribution in [0.2, 0.25) is 0 Å². The van der Waals surface area contributed by atoms with Crippen LogP contribution in [0.5, 0.6) is 11.5 Å². The summed E-state index contributed by atoms with van der Waals surface area (Å²) in [5.74, 6) is -2.59. The smallest absolute Gasteiger partial charge is 0.305 e. The lowest BCUT2D eigenvalue weighted by atomic mass is 10.0. The SMILES string of the molecule is COc1cc(F)ccc1-c1nc(C(=O)N[C@@H](CC(=O)O)c2ccccc2F)ccc1OC. The Bertz CT molecular complexity index is 1150. The van der Waals surface area contributed by atoms with Crippen LogP contribution in [0.15, 0.2) is 54.6 Å². The van der Waals surface area contributed by atoms with Gasteiger partial charge in [-0.15, -0.1) is 0 Å². The third-order valence-corrected chi connectivity index (χ3v) is 4.69. The maximum absolute atomic E-state index is 14.2. The van der Waals surface area contributed by atoms with Crippen molar-refractivity contribution in [3.8, 4) is 22.8 Å². The average molecular weight is 442 g/mol. The maximum Gasteiger partial charge on any atom is 0.305 e. The van der Waals surface area contributed by atoms with E-state index in [9.17, 15) is 23.5 Å². The molecule has 0 aliphatic carbocycles. The fourth-order valence-electron chi connectivity index (χ4n) is 3.19. The molecule has 32 heavy (non-hydrogen) atoms. The highest BCUT2D eigenvalue weighted by Crippen LogP contribution is 2.35. The molecule has 2 aromatic carbocycles. The van der Waals surface area contributed by atoms with E-state index in [1.54, 1.807) is 6.07 Å². The van der Waals surface area contributed by atoms with Crippen LogP contribution in [-0.2, 0) is 4.79 Å². The minimum absolute atomic E-state index is 0.0391. The zero-order chi connectivity index (χ0) is 23.3. The topological polar surface area (TPSA) is 97.8 Å². The number of aliphatic carboxylic acids is 1. The number of carboxylic acid groups (broad SMARTS) is 1. The number of hydrogen-bond acceptors (Lipinski definition) is 5. The highest BCUT2D eigenvalue weighted by atomic mass is 19.1. The van der Waals surface area contributed by atoms with E-state index in [1.807, 2.05) is 0 Å². The number of carbonyl (C=O) groups is 2. The lowest BCUT2D eigenvalue weighted by molar-refractivity contribution is -0.137. The fourth-order valence-corrected chi connectivity index (χ4v) is 3.19. The molecular formula is C23H20F2N2O5. The van der Waals surface area contributed by atoms with E-state index in [0.29, 0.717) is 11.3 Å². The standard InChI is InChI=1S/C23H20F2N2O5/c1-31-19-10-9-17(26-22(19)15-8-7-13(24)11-20(15)32-2)23(30)27-18(12-21(28)29)14-5-3-4-6-16(14)25/h3-11,18H,12H2,1-2H3,(H,27,30)(H,28,29)/t18-/m0/s1. The van der Waals surface area contributed by atoms with Crippen LogP contribution in [0.4, 0.5) is 8.78 Å². The number of nitrogens with one attached hydrogen (secondary N) is 1. The molecule has 1 atom stereocenters. The van der Waals surface area contributed by atoms with Crippen molar-refractivity contribution in [2.75, 3.05) is 14.2 Å². The second kappa shape index (κ2) is 9.86. The quantitative estimate of drug-likeness (QED) is 0.548. The third kappa shape index (κ3) is 5.00. The molecule has 0 unspecified atom stereocenters. The van der Waals surface area contributed by atoms with Gasteiger partial charge in [-0.3, -0.25) is 9.59 Å². The number of amides is 1. The lowest BCUT2D eigenvalue weighted by Gasteiger charge is -2.18. The van der Waals surface area contributed by atoms with Crippen molar-refractivity contribution < 1.29 is 33.0 Å². The number of hydrogen-bond donors (Lipinski definition) is 2. The van der Waals surface area contributed by atoms with Crippen molar-refractivity contribution in [1.82, 2.24) is 10.3 Å². The van der Waals surface area contributed by atoms with Crippen LogP contribution in [0.1, 0.15) is 28.5 Å². The van der Waals surface area contributed by atoms with Crippen molar-refractivity contribution in [3.05, 3.63) is 77.5 Å². The summed E-state index contributed by atoms with van der Waals surface area (Å²) in [6, 6.07) is 11.2. The molecule has 1 amide bonds. The van der Waals surface area contributed by atoms with Gasteiger partial charge in [0.15, 0.2) is 0 Å². The molecule has 1 heterocycles. The van der Waals surface area contributed by atoms with Crippen molar-refractivity contribution in [2.24, 2.45) is 0 Å². The molecular weight excluding hydrogens is 422 g/mol. The summed E-state index contributed by atoms with van der Waals surface area (Å²) in [4.78, 5) is 28.5. The maximum atomic E-state index is 14.2. The number of rotatable bonds is 8. The Morgan fingerprint density at radius 2 is 1.75 bits per heavy atom. The van der Waals surface area contributed by atoms with Gasteiger partial charge in [0.2, 0.25) is 0 Å². The number of aromatic nitrogens is 1. The van der Waals surface area contributed by atoms with Gasteiger partial charge in [0.1, 0.15) is 34.5 Å². The molecule has 166 valence electrons. The predicted octanol–water partition coefficient (Wildman–Crippen LogP) is 3.99. The summed E-state index contributed by atoms with van der Waals surface area (Å²) in [6.07, 6.45) is -0.526. The van der Waals surface area contributed by atoms with E-state index in [0.717, 1.165) is 0 Å². The molecule has 0 fully saturated rings. The van der Waals surface area contributed by atoms with Gasteiger partial charge >= 0.3 is 5.97 Å². The largest absolute Gasteiger partial charge is 0.496 e. The van der Waals surface area contributed by atoms with Crippen molar-refractivity contribution >= 4 is 11.9 Å². The van der Waals surface area contributed by atoms with Crippen LogP contribution in [0.3, 0.4) is 0 Å². The highest BCUT2D eigenvalue weighted by Gasteiger charge is 2.23. The first kappa shape index (κ1) is 22.7. The van der Waals surface area contributed by atoms with Crippen LogP contribution >= 0.6 is 0 Å². The molecule has 2 N–H and O–H groups in total. The van der Waals surface area contributed by atoms with E-state index >= 15 is 0 Å². The van der Waals surface area contributed by atoms with Gasteiger partial charge in [-0.25, -0.2) is 13.8 Å². The Balaban J connectivity index is 1.99. The van der Waals surface area contributed by atoms with Gasteiger partial charge in [0, 0.05) is 17.2 Å². The number of carbonyl (C=O) groups excluding carboxylic acids is 1. The van der Waals surface area contributed by atoms with Gasteiger partial charge in [0.05, 0.1) is 26.7 Å². The highest BCUT2D eigenvalue weighted by molar-refractivity contribution is 5.94. The monoisotopic (exact) mass is 442 g/mol. The average Bonchev–Trinajstić information content (AvgIpc) is 2.78. The molecule has 0 saturated carbocycles. The number of halogens is 2. The van der Waals surface area contributed by atoms with E-state index < -0.39 is 36.0 Å². The van der Waals surface area contributed by atoms with Crippen molar-refractivity contribution in [1.29, 1.82) is 0 Å². The minimum Gasteiger partial charge on any atom is -0.496 e. The molecule has 0 aliphatic heterocycles. The first-order chi connectivity index (χ1) is 15.3. The van der Waals surface area contributed by atoms with Crippen LogP contribution in [-0.4, -0.2) is 36.2 Å². The number of benzene rings is 2. The summed E-state index contributed by atoms with van der Waals surface area (Å²) >= 11 is 0. The van der Waals surface area contributed by atoms with Gasteiger partial charge in [-0.05, 0) is 30.3 Å². The zero-order valence-corrected chi connectivity index (χ0v) is 17.3. The molecule has 9 heteroatoms.